The lowest BCUT2D eigenvalue weighted by Gasteiger charge is -2.34. The van der Waals surface area contributed by atoms with E-state index in [2.05, 4.69) is 18.0 Å². The maximum absolute atomic E-state index is 14.0. The number of aryl methyl sites for hydroxylation is 1. The summed E-state index contributed by atoms with van der Waals surface area (Å²) < 4.78 is 14.0. The number of fused-ring (bicyclic) bond motifs is 1. The molecule has 2 heterocycles. The summed E-state index contributed by atoms with van der Waals surface area (Å²) in [7, 11) is 1.80. The Balaban J connectivity index is 1.44. The third-order valence-electron chi connectivity index (χ3n) is 6.01. The van der Waals surface area contributed by atoms with Crippen LogP contribution in [0.25, 0.3) is 10.9 Å². The van der Waals surface area contributed by atoms with Crippen molar-refractivity contribution in [3.63, 3.8) is 0 Å². The highest BCUT2D eigenvalue weighted by atomic mass is 19.1. The van der Waals surface area contributed by atoms with Gasteiger partial charge in [-0.25, -0.2) is 4.39 Å². The molecule has 1 fully saturated rings. The number of amides is 2. The van der Waals surface area contributed by atoms with Gasteiger partial charge in [0.2, 0.25) is 11.8 Å². The van der Waals surface area contributed by atoms with Crippen LogP contribution in [-0.2, 0) is 22.7 Å². The van der Waals surface area contributed by atoms with Crippen LogP contribution in [0.5, 0.6) is 0 Å². The molecule has 0 spiro atoms. The van der Waals surface area contributed by atoms with Gasteiger partial charge in [0, 0.05) is 48.7 Å². The fraction of sp³-hybridized carbons (Fsp3) is 0.333. The van der Waals surface area contributed by atoms with Crippen LogP contribution in [0.1, 0.15) is 29.7 Å². The minimum absolute atomic E-state index is 0.0130. The molecule has 0 radical (unpaired) electrons. The lowest BCUT2D eigenvalue weighted by atomic mass is 9.95. The van der Waals surface area contributed by atoms with Crippen LogP contribution < -0.4 is 0 Å². The number of H-pyrrole nitrogens is 1. The molecule has 0 unspecified atom stereocenters. The van der Waals surface area contributed by atoms with E-state index in [0.29, 0.717) is 31.5 Å². The van der Waals surface area contributed by atoms with Gasteiger partial charge < -0.3 is 14.8 Å². The predicted octanol–water partition coefficient (Wildman–Crippen LogP) is 4.01. The summed E-state index contributed by atoms with van der Waals surface area (Å²) in [6, 6.07) is 14.5. The number of aromatic amines is 1. The van der Waals surface area contributed by atoms with E-state index >= 15 is 0 Å². The summed E-state index contributed by atoms with van der Waals surface area (Å²) in [6.07, 6.45) is 0.839. The number of piperidine rings is 1. The summed E-state index contributed by atoms with van der Waals surface area (Å²) in [6.45, 7) is 3.06. The van der Waals surface area contributed by atoms with Crippen LogP contribution in [0.3, 0.4) is 0 Å². The molecular formula is C24H26FN3O2. The number of halogens is 1. The number of nitrogens with one attached hydrogen (secondary N) is 1. The van der Waals surface area contributed by atoms with Crippen molar-refractivity contribution in [2.75, 3.05) is 13.6 Å². The minimum atomic E-state index is -0.329. The van der Waals surface area contributed by atoms with Gasteiger partial charge in [0.1, 0.15) is 5.82 Å². The summed E-state index contributed by atoms with van der Waals surface area (Å²) in [5.74, 6) is -0.621. The third-order valence-corrected chi connectivity index (χ3v) is 6.01. The van der Waals surface area contributed by atoms with E-state index in [0.717, 1.165) is 22.2 Å². The number of benzene rings is 2. The minimum Gasteiger partial charge on any atom is -0.357 e. The van der Waals surface area contributed by atoms with E-state index in [1.807, 2.05) is 18.2 Å². The molecule has 1 aliphatic rings. The SMILES string of the molecule is Cc1c(CN(C)C(=O)[C@H]2CCC(=O)N(Cc3ccccc3F)C2)[nH]c2ccccc12. The van der Waals surface area contributed by atoms with E-state index in [4.69, 9.17) is 0 Å². The summed E-state index contributed by atoms with van der Waals surface area (Å²) in [5.41, 5.74) is 3.69. The third kappa shape index (κ3) is 3.95. The normalized spacial score (nSPS) is 16.8. The van der Waals surface area contributed by atoms with E-state index in [1.165, 1.54) is 6.07 Å². The molecule has 30 heavy (non-hydrogen) atoms. The van der Waals surface area contributed by atoms with Gasteiger partial charge in [-0.05, 0) is 31.0 Å². The second-order valence-corrected chi connectivity index (χ2v) is 8.07. The molecule has 2 aromatic carbocycles. The van der Waals surface area contributed by atoms with Crippen molar-refractivity contribution in [3.05, 3.63) is 71.2 Å². The standard InChI is InChI=1S/C24H26FN3O2/c1-16-19-8-4-6-10-21(19)26-22(16)15-27(2)24(30)18-11-12-23(29)28(14-18)13-17-7-3-5-9-20(17)25/h3-10,18,26H,11-15H2,1-2H3/t18-/m0/s1. The van der Waals surface area contributed by atoms with E-state index in [1.54, 1.807) is 35.0 Å². The Morgan fingerprint density at radius 1 is 1.20 bits per heavy atom. The Bertz CT molecular complexity index is 1090. The van der Waals surface area contributed by atoms with Crippen LogP contribution in [0.15, 0.2) is 48.5 Å². The second-order valence-electron chi connectivity index (χ2n) is 8.07. The molecule has 2 amide bonds. The number of para-hydroxylation sites is 1. The van der Waals surface area contributed by atoms with Crippen molar-refractivity contribution in [2.24, 2.45) is 5.92 Å². The molecular weight excluding hydrogens is 381 g/mol. The number of hydrogen-bond acceptors (Lipinski definition) is 2. The lowest BCUT2D eigenvalue weighted by Crippen LogP contribution is -2.45. The molecule has 0 aliphatic carbocycles. The zero-order valence-electron chi connectivity index (χ0n) is 17.3. The predicted molar refractivity (Wildman–Crippen MR) is 114 cm³/mol. The highest BCUT2D eigenvalue weighted by Crippen LogP contribution is 2.25. The van der Waals surface area contributed by atoms with E-state index in [9.17, 15) is 14.0 Å². The van der Waals surface area contributed by atoms with Crippen molar-refractivity contribution in [1.82, 2.24) is 14.8 Å². The first-order chi connectivity index (χ1) is 14.4. The molecule has 1 N–H and O–H groups in total. The maximum Gasteiger partial charge on any atom is 0.227 e. The van der Waals surface area contributed by atoms with Gasteiger partial charge in [-0.1, -0.05) is 36.4 Å². The largest absolute Gasteiger partial charge is 0.357 e. The van der Waals surface area contributed by atoms with Crippen molar-refractivity contribution < 1.29 is 14.0 Å². The molecule has 1 atom stereocenters. The number of carbonyl (C=O) groups excluding carboxylic acids is 2. The molecule has 1 saturated heterocycles. The van der Waals surface area contributed by atoms with Crippen molar-refractivity contribution >= 4 is 22.7 Å². The zero-order chi connectivity index (χ0) is 21.3. The molecule has 1 aromatic heterocycles. The lowest BCUT2D eigenvalue weighted by molar-refractivity contribution is -0.143. The van der Waals surface area contributed by atoms with Crippen LogP contribution >= 0.6 is 0 Å². The molecule has 0 bridgehead atoms. The van der Waals surface area contributed by atoms with Gasteiger partial charge >= 0.3 is 0 Å². The summed E-state index contributed by atoms with van der Waals surface area (Å²) >= 11 is 0. The number of nitrogens with zero attached hydrogens (tertiary/aromatic N) is 2. The molecule has 4 rings (SSSR count). The maximum atomic E-state index is 14.0. The fourth-order valence-electron chi connectivity index (χ4n) is 4.22. The van der Waals surface area contributed by atoms with Gasteiger partial charge in [-0.15, -0.1) is 0 Å². The van der Waals surface area contributed by atoms with Gasteiger partial charge in [-0.2, -0.15) is 0 Å². The summed E-state index contributed by atoms with van der Waals surface area (Å²) in [5, 5.41) is 1.16. The highest BCUT2D eigenvalue weighted by Gasteiger charge is 2.32. The van der Waals surface area contributed by atoms with Gasteiger partial charge in [0.05, 0.1) is 12.5 Å². The molecule has 1 aliphatic heterocycles. The topological polar surface area (TPSA) is 56.4 Å². The molecule has 3 aromatic rings. The highest BCUT2D eigenvalue weighted by molar-refractivity contribution is 5.85. The number of likely N-dealkylation sites (tertiary alicyclic amines) is 1. The van der Waals surface area contributed by atoms with Gasteiger partial charge in [-0.3, -0.25) is 9.59 Å². The first-order valence-corrected chi connectivity index (χ1v) is 10.3. The van der Waals surface area contributed by atoms with Gasteiger partial charge in [0.25, 0.3) is 0 Å². The van der Waals surface area contributed by atoms with Gasteiger partial charge in [0.15, 0.2) is 0 Å². The van der Waals surface area contributed by atoms with Crippen LogP contribution in [-0.4, -0.2) is 40.2 Å². The van der Waals surface area contributed by atoms with E-state index < -0.39 is 0 Å². The van der Waals surface area contributed by atoms with E-state index in [-0.39, 0.29) is 30.1 Å². The molecule has 5 nitrogen and oxygen atoms in total. The average molecular weight is 407 g/mol. The Morgan fingerprint density at radius 2 is 1.93 bits per heavy atom. The van der Waals surface area contributed by atoms with Crippen LogP contribution in [0.2, 0.25) is 0 Å². The van der Waals surface area contributed by atoms with Crippen molar-refractivity contribution in [1.29, 1.82) is 0 Å². The fourth-order valence-corrected chi connectivity index (χ4v) is 4.22. The van der Waals surface area contributed by atoms with Crippen LogP contribution in [0.4, 0.5) is 4.39 Å². The van der Waals surface area contributed by atoms with Crippen molar-refractivity contribution in [3.8, 4) is 0 Å². The number of hydrogen-bond donors (Lipinski definition) is 1. The molecule has 0 saturated carbocycles. The quantitative estimate of drug-likeness (QED) is 0.695. The number of carbonyl (C=O) groups is 2. The number of aromatic nitrogens is 1. The average Bonchev–Trinajstić information content (AvgIpc) is 3.06. The second kappa shape index (κ2) is 8.30. The first kappa shape index (κ1) is 20.1. The number of rotatable bonds is 5. The Labute approximate surface area is 175 Å². The Morgan fingerprint density at radius 3 is 2.70 bits per heavy atom. The van der Waals surface area contributed by atoms with Crippen LogP contribution in [0, 0.1) is 18.7 Å². The smallest absolute Gasteiger partial charge is 0.227 e. The molecule has 156 valence electrons. The monoisotopic (exact) mass is 407 g/mol. The molecule has 6 heteroatoms. The summed E-state index contributed by atoms with van der Waals surface area (Å²) in [4.78, 5) is 32.2. The Kier molecular flexibility index (Phi) is 5.57. The first-order valence-electron chi connectivity index (χ1n) is 10.3. The Hall–Kier alpha value is -3.15. The van der Waals surface area contributed by atoms with Crippen molar-refractivity contribution in [2.45, 2.75) is 32.9 Å². The zero-order valence-corrected chi connectivity index (χ0v) is 17.3.